The van der Waals surface area contributed by atoms with Gasteiger partial charge in [-0.2, -0.15) is 0 Å². The fourth-order valence-corrected chi connectivity index (χ4v) is 2.90. The second kappa shape index (κ2) is 9.07. The van der Waals surface area contributed by atoms with Crippen LogP contribution in [0.2, 0.25) is 0 Å². The van der Waals surface area contributed by atoms with Crippen molar-refractivity contribution >= 4 is 5.97 Å². The Labute approximate surface area is 156 Å². The standard InChI is InChI=1S/C20H22O7/c21-11-15-16(22)17(27-19(23)14-9-5-2-6-10-14)18(20(24)26-15)25-12-13-7-3-1-4-8-13/h1-10,15-18,20-22,24H,11-12H2/t15-,16-,17+,18-,20-/m1/s1. The highest BCUT2D eigenvalue weighted by molar-refractivity contribution is 5.89. The first-order chi connectivity index (χ1) is 13.1. The Kier molecular flexibility index (Phi) is 6.54. The van der Waals surface area contributed by atoms with Crippen molar-refractivity contribution < 1.29 is 34.3 Å². The van der Waals surface area contributed by atoms with Crippen LogP contribution in [-0.2, 0) is 20.8 Å². The summed E-state index contributed by atoms with van der Waals surface area (Å²) in [5.74, 6) is -0.668. The molecule has 0 aromatic heterocycles. The summed E-state index contributed by atoms with van der Waals surface area (Å²) in [6, 6.07) is 17.5. The topological polar surface area (TPSA) is 105 Å². The van der Waals surface area contributed by atoms with Crippen LogP contribution in [-0.4, -0.2) is 58.6 Å². The summed E-state index contributed by atoms with van der Waals surface area (Å²) in [4.78, 5) is 12.4. The van der Waals surface area contributed by atoms with Crippen LogP contribution in [0.1, 0.15) is 15.9 Å². The van der Waals surface area contributed by atoms with Gasteiger partial charge >= 0.3 is 5.97 Å². The van der Waals surface area contributed by atoms with Crippen LogP contribution >= 0.6 is 0 Å². The van der Waals surface area contributed by atoms with Crippen LogP contribution in [0, 0.1) is 0 Å². The monoisotopic (exact) mass is 374 g/mol. The van der Waals surface area contributed by atoms with E-state index in [0.717, 1.165) is 5.56 Å². The van der Waals surface area contributed by atoms with E-state index < -0.39 is 43.3 Å². The maximum absolute atomic E-state index is 12.4. The predicted molar refractivity (Wildman–Crippen MR) is 94.6 cm³/mol. The number of aliphatic hydroxyl groups is 3. The third kappa shape index (κ3) is 4.71. The Morgan fingerprint density at radius 2 is 1.59 bits per heavy atom. The number of carbonyl (C=O) groups is 1. The van der Waals surface area contributed by atoms with Crippen LogP contribution in [0.4, 0.5) is 0 Å². The SMILES string of the molecule is O=C(O[C@H]1[C@H](O)[C@@H](CO)O[C@@H](O)[C@@H]1OCc1ccccc1)c1ccccc1. The summed E-state index contributed by atoms with van der Waals surface area (Å²) in [5.41, 5.74) is 1.14. The highest BCUT2D eigenvalue weighted by Crippen LogP contribution is 2.26. The van der Waals surface area contributed by atoms with Gasteiger partial charge in [-0.25, -0.2) is 4.79 Å². The minimum Gasteiger partial charge on any atom is -0.453 e. The first-order valence-corrected chi connectivity index (χ1v) is 8.64. The molecule has 0 spiro atoms. The van der Waals surface area contributed by atoms with E-state index in [1.165, 1.54) is 0 Å². The Hall–Kier alpha value is -2.29. The minimum absolute atomic E-state index is 0.127. The zero-order chi connectivity index (χ0) is 19.2. The number of esters is 1. The summed E-state index contributed by atoms with van der Waals surface area (Å²) in [6.45, 7) is -0.412. The van der Waals surface area contributed by atoms with Gasteiger partial charge in [0.2, 0.25) is 0 Å². The van der Waals surface area contributed by atoms with Crippen molar-refractivity contribution in [2.75, 3.05) is 6.61 Å². The molecule has 2 aromatic carbocycles. The summed E-state index contributed by atoms with van der Waals surface area (Å²) in [7, 11) is 0. The van der Waals surface area contributed by atoms with Gasteiger partial charge in [0, 0.05) is 0 Å². The summed E-state index contributed by atoms with van der Waals surface area (Å²) >= 11 is 0. The molecule has 3 N–H and O–H groups in total. The molecule has 0 aliphatic carbocycles. The zero-order valence-electron chi connectivity index (χ0n) is 14.5. The Morgan fingerprint density at radius 3 is 2.22 bits per heavy atom. The number of hydrogen-bond donors (Lipinski definition) is 3. The van der Waals surface area contributed by atoms with Crippen LogP contribution in [0.15, 0.2) is 60.7 Å². The van der Waals surface area contributed by atoms with Gasteiger partial charge in [0.15, 0.2) is 12.4 Å². The van der Waals surface area contributed by atoms with Crippen LogP contribution in [0.3, 0.4) is 0 Å². The second-order valence-corrected chi connectivity index (χ2v) is 6.24. The van der Waals surface area contributed by atoms with E-state index in [0.29, 0.717) is 5.56 Å². The third-order valence-electron chi connectivity index (χ3n) is 4.35. The van der Waals surface area contributed by atoms with E-state index in [-0.39, 0.29) is 6.61 Å². The molecule has 7 heteroatoms. The molecule has 0 amide bonds. The lowest BCUT2D eigenvalue weighted by atomic mass is 9.98. The predicted octanol–water partition coefficient (Wildman–Crippen LogP) is 0.868. The van der Waals surface area contributed by atoms with Gasteiger partial charge < -0.3 is 29.5 Å². The fraction of sp³-hybridized carbons (Fsp3) is 0.350. The van der Waals surface area contributed by atoms with E-state index in [4.69, 9.17) is 14.2 Å². The van der Waals surface area contributed by atoms with E-state index in [2.05, 4.69) is 0 Å². The quantitative estimate of drug-likeness (QED) is 0.644. The van der Waals surface area contributed by atoms with Gasteiger partial charge in [0.05, 0.1) is 18.8 Å². The van der Waals surface area contributed by atoms with E-state index in [9.17, 15) is 20.1 Å². The smallest absolute Gasteiger partial charge is 0.338 e. The Bertz CT molecular complexity index is 722. The summed E-state index contributed by atoms with van der Waals surface area (Å²) in [6.07, 6.45) is -6.24. The third-order valence-corrected chi connectivity index (χ3v) is 4.35. The molecule has 0 radical (unpaired) electrons. The summed E-state index contributed by atoms with van der Waals surface area (Å²) in [5, 5.41) is 30.1. The molecule has 3 rings (SSSR count). The molecular weight excluding hydrogens is 352 g/mol. The first-order valence-electron chi connectivity index (χ1n) is 8.64. The number of rotatable bonds is 6. The average molecular weight is 374 g/mol. The molecule has 27 heavy (non-hydrogen) atoms. The first kappa shape index (κ1) is 19.5. The lowest BCUT2D eigenvalue weighted by Crippen LogP contribution is -2.60. The van der Waals surface area contributed by atoms with E-state index >= 15 is 0 Å². The number of benzene rings is 2. The molecule has 5 atom stereocenters. The van der Waals surface area contributed by atoms with Crippen LogP contribution < -0.4 is 0 Å². The van der Waals surface area contributed by atoms with Crippen LogP contribution in [0.5, 0.6) is 0 Å². The van der Waals surface area contributed by atoms with Crippen molar-refractivity contribution in [3.63, 3.8) is 0 Å². The molecule has 7 nitrogen and oxygen atoms in total. The van der Waals surface area contributed by atoms with Crippen LogP contribution in [0.25, 0.3) is 0 Å². The highest BCUT2D eigenvalue weighted by atomic mass is 16.7. The minimum atomic E-state index is -1.47. The largest absolute Gasteiger partial charge is 0.453 e. The normalized spacial score (nSPS) is 27.9. The van der Waals surface area contributed by atoms with E-state index in [1.807, 2.05) is 30.3 Å². The molecule has 1 heterocycles. The maximum atomic E-state index is 12.4. The van der Waals surface area contributed by atoms with Gasteiger partial charge in [-0.1, -0.05) is 48.5 Å². The van der Waals surface area contributed by atoms with Gasteiger partial charge in [-0.05, 0) is 17.7 Å². The molecule has 144 valence electrons. The molecule has 1 fully saturated rings. The molecule has 1 saturated heterocycles. The molecular formula is C20H22O7. The van der Waals surface area contributed by atoms with Crippen molar-refractivity contribution in [2.24, 2.45) is 0 Å². The molecule has 2 aromatic rings. The van der Waals surface area contributed by atoms with Gasteiger partial charge in [-0.15, -0.1) is 0 Å². The van der Waals surface area contributed by atoms with Crippen molar-refractivity contribution in [3.8, 4) is 0 Å². The zero-order valence-corrected chi connectivity index (χ0v) is 14.5. The van der Waals surface area contributed by atoms with Crippen molar-refractivity contribution in [1.29, 1.82) is 0 Å². The highest BCUT2D eigenvalue weighted by Gasteiger charge is 2.47. The molecule has 0 bridgehead atoms. The fourth-order valence-electron chi connectivity index (χ4n) is 2.90. The van der Waals surface area contributed by atoms with Gasteiger partial charge in [0.25, 0.3) is 0 Å². The Balaban J connectivity index is 1.76. The molecule has 1 aliphatic heterocycles. The molecule has 0 saturated carbocycles. The average Bonchev–Trinajstić information content (AvgIpc) is 2.71. The van der Waals surface area contributed by atoms with E-state index in [1.54, 1.807) is 30.3 Å². The number of hydrogen-bond acceptors (Lipinski definition) is 7. The number of carbonyl (C=O) groups excluding carboxylic acids is 1. The Morgan fingerprint density at radius 1 is 0.963 bits per heavy atom. The lowest BCUT2D eigenvalue weighted by molar-refractivity contribution is -0.297. The van der Waals surface area contributed by atoms with Gasteiger partial charge in [0.1, 0.15) is 18.3 Å². The lowest BCUT2D eigenvalue weighted by Gasteiger charge is -2.41. The number of ether oxygens (including phenoxy) is 3. The number of aliphatic hydroxyl groups excluding tert-OH is 3. The van der Waals surface area contributed by atoms with Crippen molar-refractivity contribution in [2.45, 2.75) is 37.3 Å². The molecule has 0 unspecified atom stereocenters. The summed E-state index contributed by atoms with van der Waals surface area (Å²) < 4.78 is 16.3. The van der Waals surface area contributed by atoms with Gasteiger partial charge in [-0.3, -0.25) is 0 Å². The maximum Gasteiger partial charge on any atom is 0.338 e. The van der Waals surface area contributed by atoms with Crippen molar-refractivity contribution in [3.05, 3.63) is 71.8 Å². The second-order valence-electron chi connectivity index (χ2n) is 6.24. The molecule has 1 aliphatic rings. The van der Waals surface area contributed by atoms with Crippen molar-refractivity contribution in [1.82, 2.24) is 0 Å².